The molecule has 0 amide bonds. The summed E-state index contributed by atoms with van der Waals surface area (Å²) in [6.07, 6.45) is 0. The molecule has 0 saturated carbocycles. The zero-order valence-corrected chi connectivity index (χ0v) is 27.1. The lowest BCUT2D eigenvalue weighted by Gasteiger charge is -2.16. The van der Waals surface area contributed by atoms with Crippen LogP contribution in [0, 0.1) is 0 Å². The van der Waals surface area contributed by atoms with Crippen molar-refractivity contribution >= 4 is 43.6 Å². The van der Waals surface area contributed by atoms with Crippen molar-refractivity contribution in [2.24, 2.45) is 0 Å². The maximum atomic E-state index is 5.26. The lowest BCUT2D eigenvalue weighted by molar-refractivity contribution is 1.14. The van der Waals surface area contributed by atoms with Crippen molar-refractivity contribution < 1.29 is 0 Å². The number of para-hydroxylation sites is 4. The van der Waals surface area contributed by atoms with Gasteiger partial charge in [0.1, 0.15) is 0 Å². The van der Waals surface area contributed by atoms with E-state index < -0.39 is 0 Å². The molecular weight excluding hydrogens is 609 g/mol. The zero-order valence-electron chi connectivity index (χ0n) is 27.1. The van der Waals surface area contributed by atoms with Gasteiger partial charge in [-0.2, -0.15) is 0 Å². The molecule has 0 aliphatic heterocycles. The van der Waals surface area contributed by atoms with Gasteiger partial charge in [0.05, 0.1) is 39.1 Å². The van der Waals surface area contributed by atoms with E-state index in [-0.39, 0.29) is 0 Å². The van der Waals surface area contributed by atoms with Crippen LogP contribution in [0.25, 0.3) is 88.9 Å². The average Bonchev–Trinajstić information content (AvgIpc) is 3.72. The van der Waals surface area contributed by atoms with Gasteiger partial charge < -0.3 is 9.13 Å². The van der Waals surface area contributed by atoms with Gasteiger partial charge >= 0.3 is 0 Å². The second kappa shape index (κ2) is 11.4. The van der Waals surface area contributed by atoms with Crippen molar-refractivity contribution in [1.82, 2.24) is 19.1 Å². The molecule has 3 heterocycles. The maximum absolute atomic E-state index is 5.26. The van der Waals surface area contributed by atoms with Crippen molar-refractivity contribution in [3.8, 4) is 45.3 Å². The summed E-state index contributed by atoms with van der Waals surface area (Å²) in [7, 11) is 0. The summed E-state index contributed by atoms with van der Waals surface area (Å²) in [6.45, 7) is 0. The minimum Gasteiger partial charge on any atom is -0.307 e. The Labute approximate surface area is 289 Å². The topological polar surface area (TPSA) is 35.6 Å². The fraction of sp³-hybridized carbons (Fsp3) is 0. The van der Waals surface area contributed by atoms with E-state index in [0.29, 0.717) is 5.82 Å². The molecule has 0 spiro atoms. The molecule has 7 aromatic carbocycles. The van der Waals surface area contributed by atoms with Gasteiger partial charge in [-0.05, 0) is 36.4 Å². The standard InChI is InChI=1S/C46H30N4/c1-4-16-31(17-5-1)39-30-40(48-46(47-39)32-18-6-2-7-19-32)38-24-12-15-27-43(38)50-42-26-14-11-23-35(42)37-29-28-36-34-22-10-13-25-41(34)49(44(36)45(37)50)33-20-8-3-9-21-33/h1-30H. The predicted octanol–water partition coefficient (Wildman–Crippen LogP) is 11.7. The normalized spacial score (nSPS) is 11.6. The summed E-state index contributed by atoms with van der Waals surface area (Å²) in [5, 5.41) is 4.87. The van der Waals surface area contributed by atoms with Crippen LogP contribution in [0.4, 0.5) is 0 Å². The van der Waals surface area contributed by atoms with Crippen molar-refractivity contribution in [2.45, 2.75) is 0 Å². The van der Waals surface area contributed by atoms with Crippen LogP contribution >= 0.6 is 0 Å². The van der Waals surface area contributed by atoms with Crippen LogP contribution in [0.1, 0.15) is 0 Å². The van der Waals surface area contributed by atoms with E-state index in [9.17, 15) is 0 Å². The second-order valence-corrected chi connectivity index (χ2v) is 12.6. The van der Waals surface area contributed by atoms with Gasteiger partial charge in [0, 0.05) is 43.9 Å². The van der Waals surface area contributed by atoms with Crippen LogP contribution in [0.2, 0.25) is 0 Å². The predicted molar refractivity (Wildman–Crippen MR) is 207 cm³/mol. The molecule has 10 aromatic rings. The quantitative estimate of drug-likeness (QED) is 0.188. The van der Waals surface area contributed by atoms with Crippen molar-refractivity contribution in [1.29, 1.82) is 0 Å². The largest absolute Gasteiger partial charge is 0.307 e. The van der Waals surface area contributed by atoms with Gasteiger partial charge in [-0.25, -0.2) is 9.97 Å². The average molecular weight is 639 g/mol. The van der Waals surface area contributed by atoms with Crippen molar-refractivity contribution in [3.05, 3.63) is 182 Å². The molecule has 0 aliphatic carbocycles. The molecule has 0 aliphatic rings. The molecule has 0 N–H and O–H groups in total. The van der Waals surface area contributed by atoms with Crippen LogP contribution in [-0.4, -0.2) is 19.1 Å². The van der Waals surface area contributed by atoms with Crippen LogP contribution in [0.15, 0.2) is 182 Å². The number of benzene rings is 7. The number of fused-ring (bicyclic) bond motifs is 7. The van der Waals surface area contributed by atoms with Crippen LogP contribution < -0.4 is 0 Å². The molecule has 0 saturated heterocycles. The first-order valence-corrected chi connectivity index (χ1v) is 16.9. The number of hydrogen-bond donors (Lipinski definition) is 0. The molecule has 0 unspecified atom stereocenters. The molecule has 4 nitrogen and oxygen atoms in total. The molecule has 0 atom stereocenters. The van der Waals surface area contributed by atoms with Gasteiger partial charge in [-0.15, -0.1) is 0 Å². The van der Waals surface area contributed by atoms with E-state index in [0.717, 1.165) is 50.5 Å². The fourth-order valence-corrected chi connectivity index (χ4v) is 7.54. The first-order valence-electron chi connectivity index (χ1n) is 16.9. The first kappa shape index (κ1) is 28.3. The third-order valence-corrected chi connectivity index (χ3v) is 9.73. The Balaban J connectivity index is 1.33. The Morgan fingerprint density at radius 2 is 0.860 bits per heavy atom. The van der Waals surface area contributed by atoms with Crippen molar-refractivity contribution in [3.63, 3.8) is 0 Å². The molecule has 0 radical (unpaired) electrons. The molecule has 0 fully saturated rings. The molecule has 4 heteroatoms. The first-order chi connectivity index (χ1) is 24.8. The van der Waals surface area contributed by atoms with Gasteiger partial charge in [-0.1, -0.05) is 146 Å². The molecule has 0 bridgehead atoms. The molecule has 50 heavy (non-hydrogen) atoms. The van der Waals surface area contributed by atoms with Crippen LogP contribution in [0.3, 0.4) is 0 Å². The Bertz CT molecular complexity index is 2790. The molecule has 234 valence electrons. The highest BCUT2D eigenvalue weighted by atomic mass is 15.0. The lowest BCUT2D eigenvalue weighted by atomic mass is 10.0. The molecule has 3 aromatic heterocycles. The SMILES string of the molecule is c1ccc(-c2cc(-c3ccccc3-n3c4ccccc4c4ccc5c6ccccc6n(-c6ccccc6)c5c43)nc(-c3ccccc3)n2)cc1. The van der Waals surface area contributed by atoms with E-state index in [1.807, 2.05) is 24.3 Å². The third kappa shape index (κ3) is 4.39. The highest BCUT2D eigenvalue weighted by Gasteiger charge is 2.23. The van der Waals surface area contributed by atoms with E-state index in [1.54, 1.807) is 0 Å². The lowest BCUT2D eigenvalue weighted by Crippen LogP contribution is -2.02. The summed E-state index contributed by atoms with van der Waals surface area (Å²) >= 11 is 0. The van der Waals surface area contributed by atoms with Gasteiger partial charge in [-0.3, -0.25) is 0 Å². The maximum Gasteiger partial charge on any atom is 0.160 e. The summed E-state index contributed by atoms with van der Waals surface area (Å²) in [5.74, 6) is 0.700. The minimum absolute atomic E-state index is 0.700. The van der Waals surface area contributed by atoms with E-state index in [1.165, 1.54) is 32.6 Å². The molecular formula is C46H30N4. The minimum atomic E-state index is 0.700. The van der Waals surface area contributed by atoms with Crippen LogP contribution in [0.5, 0.6) is 0 Å². The van der Waals surface area contributed by atoms with Crippen LogP contribution in [-0.2, 0) is 0 Å². The fourth-order valence-electron chi connectivity index (χ4n) is 7.54. The van der Waals surface area contributed by atoms with E-state index in [4.69, 9.17) is 9.97 Å². The Morgan fingerprint density at radius 1 is 0.360 bits per heavy atom. The number of rotatable bonds is 5. The Kier molecular flexibility index (Phi) is 6.46. The second-order valence-electron chi connectivity index (χ2n) is 12.6. The van der Waals surface area contributed by atoms with E-state index >= 15 is 0 Å². The Hall–Kier alpha value is -6.78. The summed E-state index contributed by atoms with van der Waals surface area (Å²) in [4.78, 5) is 10.3. The monoisotopic (exact) mass is 638 g/mol. The van der Waals surface area contributed by atoms with Gasteiger partial charge in [0.2, 0.25) is 0 Å². The number of aromatic nitrogens is 4. The smallest absolute Gasteiger partial charge is 0.160 e. The summed E-state index contributed by atoms with van der Waals surface area (Å²) in [5.41, 5.74) is 11.7. The molecule has 10 rings (SSSR count). The number of hydrogen-bond acceptors (Lipinski definition) is 2. The van der Waals surface area contributed by atoms with Gasteiger partial charge in [0.15, 0.2) is 5.82 Å². The van der Waals surface area contributed by atoms with Gasteiger partial charge in [0.25, 0.3) is 0 Å². The third-order valence-electron chi connectivity index (χ3n) is 9.73. The Morgan fingerprint density at radius 3 is 1.54 bits per heavy atom. The van der Waals surface area contributed by atoms with Crippen molar-refractivity contribution in [2.75, 3.05) is 0 Å². The zero-order chi connectivity index (χ0) is 33.0. The summed E-state index contributed by atoms with van der Waals surface area (Å²) in [6, 6.07) is 64.2. The highest BCUT2D eigenvalue weighted by Crippen LogP contribution is 2.43. The summed E-state index contributed by atoms with van der Waals surface area (Å²) < 4.78 is 4.88. The van der Waals surface area contributed by atoms with E-state index in [2.05, 4.69) is 167 Å². The number of nitrogens with zero attached hydrogens (tertiary/aromatic N) is 4. The highest BCUT2D eigenvalue weighted by molar-refractivity contribution is 6.24.